The third-order valence-electron chi connectivity index (χ3n) is 4.86. The van der Waals surface area contributed by atoms with E-state index < -0.39 is 10.6 Å². The molecule has 2 aliphatic rings. The molecule has 2 heterocycles. The van der Waals surface area contributed by atoms with Gasteiger partial charge in [-0.25, -0.2) is 4.79 Å². The van der Waals surface area contributed by atoms with Crippen LogP contribution in [-0.2, 0) is 0 Å². The highest BCUT2D eigenvalue weighted by Gasteiger charge is 2.50. The molecule has 4 rings (SSSR count). The Hall–Kier alpha value is -3.00. The highest BCUT2D eigenvalue weighted by atomic mass is 35.5. The lowest BCUT2D eigenvalue weighted by Crippen LogP contribution is -2.65. The van der Waals surface area contributed by atoms with Crippen LogP contribution in [0.2, 0.25) is 5.02 Å². The predicted molar refractivity (Wildman–Crippen MR) is 98.5 cm³/mol. The maximum Gasteiger partial charge on any atom is 0.325 e. The number of nitro benzene ring substituents is 1. The number of carbonyl (C=O) groups excluding carboxylic acids is 1. The lowest BCUT2D eigenvalue weighted by molar-refractivity contribution is -0.385. The van der Waals surface area contributed by atoms with Gasteiger partial charge < -0.3 is 14.8 Å². The van der Waals surface area contributed by atoms with Gasteiger partial charge in [0.05, 0.1) is 28.8 Å². The molecular weight excluding hydrogens is 374 g/mol. The minimum atomic E-state index is -0.964. The van der Waals surface area contributed by atoms with E-state index in [9.17, 15) is 14.9 Å². The summed E-state index contributed by atoms with van der Waals surface area (Å²) in [6, 6.07) is 8.70. The number of benzene rings is 2. The van der Waals surface area contributed by atoms with Crippen LogP contribution in [0.5, 0.6) is 11.5 Å². The molecule has 0 spiro atoms. The highest BCUT2D eigenvalue weighted by molar-refractivity contribution is 6.32. The molecule has 2 aliphatic heterocycles. The number of hydrogen-bond donors (Lipinski definition) is 1. The molecule has 2 amide bonds. The normalized spacial score (nSPS) is 23.1. The summed E-state index contributed by atoms with van der Waals surface area (Å²) in [5.41, 5.74) is 0.153. The van der Waals surface area contributed by atoms with Gasteiger partial charge in [0.25, 0.3) is 5.69 Å². The van der Waals surface area contributed by atoms with Crippen molar-refractivity contribution in [2.24, 2.45) is 0 Å². The van der Waals surface area contributed by atoms with Crippen LogP contribution in [0.3, 0.4) is 0 Å². The van der Waals surface area contributed by atoms with Crippen molar-refractivity contribution in [2.75, 3.05) is 12.0 Å². The first kappa shape index (κ1) is 17.4. The van der Waals surface area contributed by atoms with Gasteiger partial charge in [-0.3, -0.25) is 15.0 Å². The van der Waals surface area contributed by atoms with Crippen molar-refractivity contribution in [1.82, 2.24) is 5.32 Å². The van der Waals surface area contributed by atoms with E-state index in [1.165, 1.54) is 24.1 Å². The third-order valence-corrected chi connectivity index (χ3v) is 5.16. The summed E-state index contributed by atoms with van der Waals surface area (Å²) in [5, 5.41) is 14.3. The number of amides is 2. The Morgan fingerprint density at radius 1 is 1.37 bits per heavy atom. The van der Waals surface area contributed by atoms with Gasteiger partial charge >= 0.3 is 6.03 Å². The lowest BCUT2D eigenvalue weighted by atomic mass is 9.90. The number of methoxy groups -OCH3 is 1. The van der Waals surface area contributed by atoms with Crippen molar-refractivity contribution >= 4 is 29.0 Å². The van der Waals surface area contributed by atoms with Crippen LogP contribution in [-0.4, -0.2) is 23.8 Å². The number of anilines is 1. The molecule has 140 valence electrons. The molecule has 27 heavy (non-hydrogen) atoms. The molecule has 0 unspecified atom stereocenters. The number of non-ortho nitro benzene ring substituents is 1. The number of halogens is 1. The smallest absolute Gasteiger partial charge is 0.325 e. The van der Waals surface area contributed by atoms with E-state index in [1.807, 2.05) is 0 Å². The number of nitrogens with zero attached hydrogens (tertiary/aromatic N) is 2. The second-order valence-electron chi connectivity index (χ2n) is 6.62. The van der Waals surface area contributed by atoms with E-state index in [1.54, 1.807) is 31.2 Å². The second-order valence-corrected chi connectivity index (χ2v) is 7.02. The molecule has 0 saturated carbocycles. The first-order valence-corrected chi connectivity index (χ1v) is 8.62. The van der Waals surface area contributed by atoms with Crippen LogP contribution in [0.15, 0.2) is 36.4 Å². The van der Waals surface area contributed by atoms with Crippen molar-refractivity contribution < 1.29 is 19.2 Å². The zero-order valence-electron chi connectivity index (χ0n) is 14.6. The Balaban J connectivity index is 1.76. The second kappa shape index (κ2) is 6.02. The number of carbonyl (C=O) groups is 1. The monoisotopic (exact) mass is 389 g/mol. The molecule has 0 radical (unpaired) electrons. The largest absolute Gasteiger partial charge is 0.495 e. The van der Waals surface area contributed by atoms with Crippen molar-refractivity contribution in [3.05, 3.63) is 57.1 Å². The van der Waals surface area contributed by atoms with Gasteiger partial charge in [-0.1, -0.05) is 11.6 Å². The lowest BCUT2D eigenvalue weighted by Gasteiger charge is -2.50. The number of rotatable bonds is 3. The summed E-state index contributed by atoms with van der Waals surface area (Å²) >= 11 is 6.22. The van der Waals surface area contributed by atoms with Crippen LogP contribution in [0.4, 0.5) is 16.2 Å². The van der Waals surface area contributed by atoms with Gasteiger partial charge in [-0.15, -0.1) is 0 Å². The summed E-state index contributed by atoms with van der Waals surface area (Å²) in [6.07, 6.45) is 0.427. The highest BCUT2D eigenvalue weighted by Crippen LogP contribution is 2.47. The Morgan fingerprint density at radius 3 is 2.81 bits per heavy atom. The average molecular weight is 390 g/mol. The van der Waals surface area contributed by atoms with E-state index in [0.717, 1.165) is 0 Å². The molecule has 2 atom stereocenters. The maximum atomic E-state index is 12.8. The van der Waals surface area contributed by atoms with E-state index >= 15 is 0 Å². The standard InChI is InChI=1S/C18H16ClN3O5/c1-18-9-14(12-7-11(22(24)25)4-5-15(12)27-18)20-17(23)21(18)10-3-6-16(26-2)13(19)8-10/h3-8,14H,9H2,1-2H3,(H,20,23)/t14-,18+/m1/s1. The van der Waals surface area contributed by atoms with Crippen LogP contribution < -0.4 is 19.7 Å². The van der Waals surface area contributed by atoms with Crippen LogP contribution in [0.25, 0.3) is 0 Å². The van der Waals surface area contributed by atoms with Crippen molar-refractivity contribution in [3.8, 4) is 11.5 Å². The van der Waals surface area contributed by atoms with Gasteiger partial charge in [0.1, 0.15) is 11.5 Å². The number of ether oxygens (including phenoxy) is 2. The molecule has 2 aromatic rings. The number of urea groups is 1. The molecule has 2 aromatic carbocycles. The fourth-order valence-corrected chi connectivity index (χ4v) is 3.91. The molecule has 0 aliphatic carbocycles. The molecule has 2 bridgehead atoms. The number of nitro groups is 1. The molecule has 8 nitrogen and oxygen atoms in total. The predicted octanol–water partition coefficient (Wildman–Crippen LogP) is 4.03. The molecule has 1 fully saturated rings. The van der Waals surface area contributed by atoms with Gasteiger partial charge in [-0.2, -0.15) is 0 Å². The van der Waals surface area contributed by atoms with Gasteiger partial charge in [0, 0.05) is 24.1 Å². The molecular formula is C18H16ClN3O5. The minimum absolute atomic E-state index is 0.0421. The number of nitrogens with one attached hydrogen (secondary N) is 1. The molecule has 1 saturated heterocycles. The first-order chi connectivity index (χ1) is 12.8. The van der Waals surface area contributed by atoms with Gasteiger partial charge in [-0.05, 0) is 31.2 Å². The van der Waals surface area contributed by atoms with Crippen LogP contribution in [0.1, 0.15) is 24.9 Å². The fourth-order valence-electron chi connectivity index (χ4n) is 3.66. The molecule has 9 heteroatoms. The Morgan fingerprint density at radius 2 is 2.15 bits per heavy atom. The van der Waals surface area contributed by atoms with E-state index in [4.69, 9.17) is 21.1 Å². The zero-order valence-corrected chi connectivity index (χ0v) is 15.3. The quantitative estimate of drug-likeness (QED) is 0.631. The Bertz CT molecular complexity index is 966. The fraction of sp³-hybridized carbons (Fsp3) is 0.278. The topological polar surface area (TPSA) is 93.9 Å². The molecule has 0 aromatic heterocycles. The van der Waals surface area contributed by atoms with Crippen molar-refractivity contribution in [1.29, 1.82) is 0 Å². The summed E-state index contributed by atoms with van der Waals surface area (Å²) in [6.45, 7) is 1.81. The van der Waals surface area contributed by atoms with Crippen LogP contribution >= 0.6 is 11.6 Å². The van der Waals surface area contributed by atoms with Crippen LogP contribution in [0, 0.1) is 10.1 Å². The third kappa shape index (κ3) is 2.73. The first-order valence-electron chi connectivity index (χ1n) is 8.24. The van der Waals surface area contributed by atoms with E-state index in [-0.39, 0.29) is 17.8 Å². The maximum absolute atomic E-state index is 12.8. The molecule has 1 N–H and O–H groups in total. The Kier molecular flexibility index (Phi) is 3.88. The van der Waals surface area contributed by atoms with Crippen molar-refractivity contribution in [2.45, 2.75) is 25.1 Å². The van der Waals surface area contributed by atoms with Crippen molar-refractivity contribution in [3.63, 3.8) is 0 Å². The van der Waals surface area contributed by atoms with Gasteiger partial charge in [0.2, 0.25) is 0 Å². The summed E-state index contributed by atoms with van der Waals surface area (Å²) in [5.74, 6) is 1.01. The SMILES string of the molecule is COc1ccc(N2C(=O)N[C@@H]3C[C@]2(C)Oc2ccc([N+](=O)[O-])cc23)cc1Cl. The zero-order chi connectivity index (χ0) is 19.3. The summed E-state index contributed by atoms with van der Waals surface area (Å²) in [7, 11) is 1.51. The minimum Gasteiger partial charge on any atom is -0.495 e. The number of fused-ring (bicyclic) bond motifs is 4. The van der Waals surface area contributed by atoms with E-state index in [0.29, 0.717) is 34.2 Å². The Labute approximate surface area is 159 Å². The number of hydrogen-bond acceptors (Lipinski definition) is 5. The summed E-state index contributed by atoms with van der Waals surface area (Å²) in [4.78, 5) is 24.9. The average Bonchev–Trinajstić information content (AvgIpc) is 2.60. The van der Waals surface area contributed by atoms with E-state index in [2.05, 4.69) is 5.32 Å². The van der Waals surface area contributed by atoms with Gasteiger partial charge in [0.15, 0.2) is 5.72 Å². The summed E-state index contributed by atoms with van der Waals surface area (Å²) < 4.78 is 11.3.